The average molecular weight is 529 g/mol. The fraction of sp³-hybridized carbons (Fsp3) is 0.643. The van der Waals surface area contributed by atoms with Crippen molar-refractivity contribution in [2.75, 3.05) is 32.8 Å². The SMILES string of the molecule is C[C@](NC(=O)c1ccc(OCC2CC2)cc1)(NC(=O)C1CCCN(C(=O)CCC2CCNCC2)C1)C(=O)O. The fourth-order valence-corrected chi connectivity index (χ4v) is 5.06. The summed E-state index contributed by atoms with van der Waals surface area (Å²) in [5.41, 5.74) is -1.75. The summed E-state index contributed by atoms with van der Waals surface area (Å²) in [7, 11) is 0. The molecule has 3 aliphatic rings. The van der Waals surface area contributed by atoms with Gasteiger partial charge in [0.05, 0.1) is 12.5 Å². The number of nitrogens with zero attached hydrogens (tertiary/aromatic N) is 1. The highest BCUT2D eigenvalue weighted by molar-refractivity contribution is 5.99. The van der Waals surface area contributed by atoms with Crippen LogP contribution in [0.3, 0.4) is 0 Å². The second kappa shape index (κ2) is 12.6. The maximum atomic E-state index is 13.1. The van der Waals surface area contributed by atoms with Gasteiger partial charge in [0.1, 0.15) is 5.75 Å². The summed E-state index contributed by atoms with van der Waals surface area (Å²) < 4.78 is 5.68. The van der Waals surface area contributed by atoms with Crippen LogP contribution in [0.1, 0.15) is 68.6 Å². The van der Waals surface area contributed by atoms with Gasteiger partial charge < -0.3 is 30.7 Å². The van der Waals surface area contributed by atoms with E-state index in [1.807, 2.05) is 0 Å². The van der Waals surface area contributed by atoms with Crippen molar-refractivity contribution in [1.82, 2.24) is 20.9 Å². The van der Waals surface area contributed by atoms with Crippen LogP contribution in [0.2, 0.25) is 0 Å². The first-order chi connectivity index (χ1) is 18.2. The molecule has 0 radical (unpaired) electrons. The minimum atomic E-state index is -2.00. The van der Waals surface area contributed by atoms with Crippen LogP contribution in [-0.2, 0) is 14.4 Å². The summed E-state index contributed by atoms with van der Waals surface area (Å²) in [5.74, 6) is -1.19. The first kappa shape index (κ1) is 27.9. The number of hydrogen-bond donors (Lipinski definition) is 4. The Balaban J connectivity index is 1.29. The normalized spacial score (nSPS) is 21.7. The Labute approximate surface area is 223 Å². The smallest absolute Gasteiger partial charge is 0.350 e. The van der Waals surface area contributed by atoms with Crippen molar-refractivity contribution in [3.63, 3.8) is 0 Å². The van der Waals surface area contributed by atoms with E-state index >= 15 is 0 Å². The number of aliphatic carboxylic acids is 1. The van der Waals surface area contributed by atoms with Gasteiger partial charge in [0.15, 0.2) is 0 Å². The van der Waals surface area contributed by atoms with Crippen molar-refractivity contribution in [3.8, 4) is 5.75 Å². The van der Waals surface area contributed by atoms with Crippen LogP contribution < -0.4 is 20.7 Å². The van der Waals surface area contributed by atoms with Gasteiger partial charge in [-0.2, -0.15) is 0 Å². The highest BCUT2D eigenvalue weighted by atomic mass is 16.5. The molecule has 4 N–H and O–H groups in total. The molecule has 1 aromatic carbocycles. The van der Waals surface area contributed by atoms with Crippen LogP contribution in [0.25, 0.3) is 0 Å². The molecule has 3 fully saturated rings. The number of benzene rings is 1. The zero-order chi connectivity index (χ0) is 27.1. The maximum Gasteiger partial charge on any atom is 0.350 e. The number of carbonyl (C=O) groups is 4. The Bertz CT molecular complexity index is 1010. The molecule has 1 aliphatic carbocycles. The summed E-state index contributed by atoms with van der Waals surface area (Å²) in [6.07, 6.45) is 7.04. The molecular weight excluding hydrogens is 488 g/mol. The standard InChI is InChI=1S/C28H40N4O6/c1-28(27(36)37,30-25(34)21-7-9-23(10-8-21)38-18-20-4-5-20)31-26(35)22-3-2-16-32(17-22)24(33)11-6-19-12-14-29-15-13-19/h7-10,19-20,22,29H,2-6,11-18H2,1H3,(H,30,34)(H,31,35)(H,36,37)/t22?,28-/m0/s1. The predicted octanol–water partition coefficient (Wildman–Crippen LogP) is 2.14. The van der Waals surface area contributed by atoms with Crippen LogP contribution in [0.5, 0.6) is 5.75 Å². The molecule has 1 aromatic rings. The molecule has 0 bridgehead atoms. The van der Waals surface area contributed by atoms with E-state index in [1.165, 1.54) is 19.8 Å². The van der Waals surface area contributed by atoms with Gasteiger partial charge in [-0.15, -0.1) is 0 Å². The van der Waals surface area contributed by atoms with Crippen molar-refractivity contribution < 1.29 is 29.0 Å². The zero-order valence-corrected chi connectivity index (χ0v) is 22.2. The Kier molecular flexibility index (Phi) is 9.25. The highest BCUT2D eigenvalue weighted by Crippen LogP contribution is 2.29. The predicted molar refractivity (Wildman–Crippen MR) is 140 cm³/mol. The summed E-state index contributed by atoms with van der Waals surface area (Å²) >= 11 is 0. The van der Waals surface area contributed by atoms with E-state index in [4.69, 9.17) is 4.74 Å². The number of ether oxygens (including phenoxy) is 1. The number of carbonyl (C=O) groups excluding carboxylic acids is 3. The highest BCUT2D eigenvalue weighted by Gasteiger charge is 2.39. The molecule has 38 heavy (non-hydrogen) atoms. The number of piperidine rings is 2. The molecule has 0 spiro atoms. The number of carboxylic acids is 1. The zero-order valence-electron chi connectivity index (χ0n) is 22.2. The number of likely N-dealkylation sites (tertiary alicyclic amines) is 1. The molecule has 208 valence electrons. The van der Waals surface area contributed by atoms with Crippen LogP contribution >= 0.6 is 0 Å². The topological polar surface area (TPSA) is 137 Å². The van der Waals surface area contributed by atoms with Gasteiger partial charge in [0, 0.05) is 25.1 Å². The van der Waals surface area contributed by atoms with E-state index in [2.05, 4.69) is 16.0 Å². The van der Waals surface area contributed by atoms with Crippen LogP contribution in [-0.4, -0.2) is 72.1 Å². The maximum absolute atomic E-state index is 13.1. The van der Waals surface area contributed by atoms with Gasteiger partial charge >= 0.3 is 5.97 Å². The number of nitrogens with one attached hydrogen (secondary N) is 3. The van der Waals surface area contributed by atoms with Gasteiger partial charge in [-0.1, -0.05) is 0 Å². The van der Waals surface area contributed by atoms with Crippen LogP contribution in [0.4, 0.5) is 0 Å². The molecule has 4 rings (SSSR count). The minimum absolute atomic E-state index is 0.0416. The molecule has 3 amide bonds. The van der Waals surface area contributed by atoms with E-state index < -0.39 is 29.4 Å². The monoisotopic (exact) mass is 528 g/mol. The van der Waals surface area contributed by atoms with E-state index in [-0.39, 0.29) is 18.0 Å². The second-order valence-electron chi connectivity index (χ2n) is 11.1. The molecule has 2 heterocycles. The van der Waals surface area contributed by atoms with Gasteiger partial charge in [-0.25, -0.2) is 4.79 Å². The summed E-state index contributed by atoms with van der Waals surface area (Å²) in [4.78, 5) is 52.6. The summed E-state index contributed by atoms with van der Waals surface area (Å²) in [6, 6.07) is 6.48. The Morgan fingerprint density at radius 3 is 2.39 bits per heavy atom. The minimum Gasteiger partial charge on any atom is -0.493 e. The van der Waals surface area contributed by atoms with Gasteiger partial charge in [-0.05, 0) is 101 Å². The molecule has 2 aliphatic heterocycles. The van der Waals surface area contributed by atoms with Gasteiger partial charge in [-0.3, -0.25) is 14.4 Å². The lowest BCUT2D eigenvalue weighted by atomic mass is 9.92. The lowest BCUT2D eigenvalue weighted by molar-refractivity contribution is -0.149. The number of amides is 3. The molecule has 0 aromatic heterocycles. The van der Waals surface area contributed by atoms with Crippen LogP contribution in [0.15, 0.2) is 24.3 Å². The van der Waals surface area contributed by atoms with Crippen molar-refractivity contribution in [2.45, 2.75) is 64.0 Å². The quantitative estimate of drug-likeness (QED) is 0.323. The van der Waals surface area contributed by atoms with Crippen molar-refractivity contribution in [3.05, 3.63) is 29.8 Å². The lowest BCUT2D eigenvalue weighted by Crippen LogP contribution is -2.65. The molecule has 1 unspecified atom stereocenters. The van der Waals surface area contributed by atoms with Crippen LogP contribution in [0, 0.1) is 17.8 Å². The van der Waals surface area contributed by atoms with E-state index in [1.54, 1.807) is 29.2 Å². The van der Waals surface area contributed by atoms with Gasteiger partial charge in [0.2, 0.25) is 17.5 Å². The molecular formula is C28H40N4O6. The molecule has 1 saturated carbocycles. The molecule has 2 atom stereocenters. The molecule has 10 heteroatoms. The second-order valence-corrected chi connectivity index (χ2v) is 11.1. The summed E-state index contributed by atoms with van der Waals surface area (Å²) in [5, 5.41) is 18.2. The van der Waals surface area contributed by atoms with Crippen molar-refractivity contribution in [2.24, 2.45) is 17.8 Å². The van der Waals surface area contributed by atoms with Gasteiger partial charge in [0.25, 0.3) is 5.91 Å². The third-order valence-electron chi connectivity index (χ3n) is 7.83. The van der Waals surface area contributed by atoms with E-state index in [0.717, 1.165) is 32.4 Å². The average Bonchev–Trinajstić information content (AvgIpc) is 3.76. The third-order valence-corrected chi connectivity index (χ3v) is 7.83. The van der Waals surface area contributed by atoms with Crippen molar-refractivity contribution >= 4 is 23.7 Å². The van der Waals surface area contributed by atoms with Crippen molar-refractivity contribution in [1.29, 1.82) is 0 Å². The Morgan fingerprint density at radius 1 is 1.03 bits per heavy atom. The third kappa shape index (κ3) is 7.69. The number of hydrogen-bond acceptors (Lipinski definition) is 6. The Hall–Kier alpha value is -3.14. The largest absolute Gasteiger partial charge is 0.493 e. The van der Waals surface area contributed by atoms with E-state index in [9.17, 15) is 24.3 Å². The first-order valence-corrected chi connectivity index (χ1v) is 13.8. The first-order valence-electron chi connectivity index (χ1n) is 13.8. The number of carboxylic acid groups (broad SMARTS) is 1. The fourth-order valence-electron chi connectivity index (χ4n) is 5.06. The molecule has 10 nitrogen and oxygen atoms in total. The number of rotatable bonds is 11. The van der Waals surface area contributed by atoms with E-state index in [0.29, 0.717) is 50.0 Å². The lowest BCUT2D eigenvalue weighted by Gasteiger charge is -2.35. The molecule has 2 saturated heterocycles. The Morgan fingerprint density at radius 2 is 1.74 bits per heavy atom. The summed E-state index contributed by atoms with van der Waals surface area (Å²) in [6.45, 7) is 4.73.